The maximum atomic E-state index is 11.7. The number of imidazole rings is 1. The van der Waals surface area contributed by atoms with Crippen molar-refractivity contribution in [2.45, 2.75) is 6.42 Å². The number of aromatic nitrogens is 3. The molecule has 4 nitrogen and oxygen atoms in total. The first kappa shape index (κ1) is 9.84. The second kappa shape index (κ2) is 3.90. The third kappa shape index (κ3) is 1.85. The summed E-state index contributed by atoms with van der Waals surface area (Å²) in [6.45, 7) is 0. The van der Waals surface area contributed by atoms with Gasteiger partial charge in [-0.3, -0.25) is 4.79 Å². The lowest BCUT2D eigenvalue weighted by molar-refractivity contribution is 0.981. The summed E-state index contributed by atoms with van der Waals surface area (Å²) in [5.74, 6) is 0. The van der Waals surface area contributed by atoms with E-state index in [1.54, 1.807) is 16.8 Å². The highest BCUT2D eigenvalue weighted by Gasteiger charge is 2.03. The lowest BCUT2D eigenvalue weighted by Gasteiger charge is -2.02. The van der Waals surface area contributed by atoms with Crippen LogP contribution in [0.15, 0.2) is 53.7 Å². The maximum absolute atomic E-state index is 11.7. The van der Waals surface area contributed by atoms with Crippen LogP contribution in [0, 0.1) is 0 Å². The highest BCUT2D eigenvalue weighted by atomic mass is 16.1. The average molecular weight is 225 g/mol. The van der Waals surface area contributed by atoms with Gasteiger partial charge in [0.1, 0.15) is 0 Å². The number of nitrogens with zero attached hydrogens (tertiary/aromatic N) is 2. The average Bonchev–Trinajstić information content (AvgIpc) is 2.79. The molecule has 2 aromatic heterocycles. The third-order valence-electron chi connectivity index (χ3n) is 2.68. The molecule has 0 fully saturated rings. The van der Waals surface area contributed by atoms with Gasteiger partial charge >= 0.3 is 0 Å². The van der Waals surface area contributed by atoms with Crippen molar-refractivity contribution in [2.24, 2.45) is 0 Å². The van der Waals surface area contributed by atoms with E-state index >= 15 is 0 Å². The van der Waals surface area contributed by atoms with Gasteiger partial charge in [-0.2, -0.15) is 0 Å². The van der Waals surface area contributed by atoms with E-state index in [4.69, 9.17) is 0 Å². The molecule has 0 aliphatic rings. The molecule has 0 spiro atoms. The lowest BCUT2D eigenvalue weighted by Crippen LogP contribution is -2.13. The summed E-state index contributed by atoms with van der Waals surface area (Å²) in [6.07, 6.45) is 6.01. The van der Waals surface area contributed by atoms with Gasteiger partial charge in [0.2, 0.25) is 5.65 Å². The van der Waals surface area contributed by atoms with Crippen LogP contribution in [0.25, 0.3) is 5.65 Å². The van der Waals surface area contributed by atoms with Crippen LogP contribution in [0.2, 0.25) is 0 Å². The summed E-state index contributed by atoms with van der Waals surface area (Å²) in [4.78, 5) is 18.5. The SMILES string of the molecule is O=c1[nH]c(Cc2ccccc2)cn2ccnc12. The Balaban J connectivity index is 2.04. The molecule has 2 heterocycles. The van der Waals surface area contributed by atoms with Gasteiger partial charge in [-0.25, -0.2) is 4.98 Å². The molecule has 0 amide bonds. The molecule has 0 unspecified atom stereocenters. The summed E-state index contributed by atoms with van der Waals surface area (Å²) in [6, 6.07) is 10.0. The smallest absolute Gasteiger partial charge is 0.291 e. The molecule has 84 valence electrons. The molecular formula is C13H11N3O. The van der Waals surface area contributed by atoms with Gasteiger partial charge in [-0.15, -0.1) is 0 Å². The molecule has 1 aromatic carbocycles. The number of H-pyrrole nitrogens is 1. The number of hydrogen-bond donors (Lipinski definition) is 1. The molecule has 0 aliphatic carbocycles. The van der Waals surface area contributed by atoms with Crippen LogP contribution in [-0.4, -0.2) is 14.4 Å². The number of fused-ring (bicyclic) bond motifs is 1. The largest absolute Gasteiger partial charge is 0.321 e. The Morgan fingerprint density at radius 3 is 2.88 bits per heavy atom. The summed E-state index contributed by atoms with van der Waals surface area (Å²) >= 11 is 0. The van der Waals surface area contributed by atoms with Crippen LogP contribution in [0.3, 0.4) is 0 Å². The van der Waals surface area contributed by atoms with Crippen molar-refractivity contribution in [2.75, 3.05) is 0 Å². The van der Waals surface area contributed by atoms with Crippen LogP contribution in [0.4, 0.5) is 0 Å². The molecule has 4 heteroatoms. The standard InChI is InChI=1S/C13H11N3O/c17-13-12-14-6-7-16(12)9-11(15-13)8-10-4-2-1-3-5-10/h1-7,9H,8H2,(H,15,17). The number of rotatable bonds is 2. The molecule has 0 radical (unpaired) electrons. The van der Waals surface area contributed by atoms with E-state index in [0.29, 0.717) is 12.1 Å². The second-order valence-corrected chi connectivity index (χ2v) is 3.93. The Morgan fingerprint density at radius 1 is 1.24 bits per heavy atom. The predicted octanol–water partition coefficient (Wildman–Crippen LogP) is 1.61. The molecule has 0 saturated heterocycles. The minimum Gasteiger partial charge on any atom is -0.321 e. The number of aromatic amines is 1. The second-order valence-electron chi connectivity index (χ2n) is 3.93. The van der Waals surface area contributed by atoms with Crippen molar-refractivity contribution in [3.8, 4) is 0 Å². The Labute approximate surface area is 97.6 Å². The normalized spacial score (nSPS) is 10.8. The van der Waals surface area contributed by atoms with Crippen LogP contribution in [0.1, 0.15) is 11.3 Å². The van der Waals surface area contributed by atoms with E-state index in [-0.39, 0.29) is 5.56 Å². The quantitative estimate of drug-likeness (QED) is 0.720. The third-order valence-corrected chi connectivity index (χ3v) is 2.68. The van der Waals surface area contributed by atoms with E-state index in [2.05, 4.69) is 9.97 Å². The van der Waals surface area contributed by atoms with Crippen LogP contribution in [0.5, 0.6) is 0 Å². The van der Waals surface area contributed by atoms with Crippen molar-refractivity contribution in [1.29, 1.82) is 0 Å². The predicted molar refractivity (Wildman–Crippen MR) is 65.1 cm³/mol. The number of hydrogen-bond acceptors (Lipinski definition) is 2. The Bertz CT molecular complexity index is 697. The van der Waals surface area contributed by atoms with Crippen molar-refractivity contribution in [3.05, 3.63) is 70.5 Å². The fourth-order valence-corrected chi connectivity index (χ4v) is 1.90. The van der Waals surface area contributed by atoms with Crippen LogP contribution >= 0.6 is 0 Å². The van der Waals surface area contributed by atoms with Gasteiger partial charge in [-0.1, -0.05) is 30.3 Å². The summed E-state index contributed by atoms with van der Waals surface area (Å²) in [5, 5.41) is 0. The van der Waals surface area contributed by atoms with E-state index < -0.39 is 0 Å². The van der Waals surface area contributed by atoms with E-state index in [0.717, 1.165) is 5.69 Å². The van der Waals surface area contributed by atoms with Gasteiger partial charge < -0.3 is 9.38 Å². The fourth-order valence-electron chi connectivity index (χ4n) is 1.90. The summed E-state index contributed by atoms with van der Waals surface area (Å²) in [7, 11) is 0. The first-order valence-corrected chi connectivity index (χ1v) is 5.42. The van der Waals surface area contributed by atoms with Crippen molar-refractivity contribution >= 4 is 5.65 Å². The maximum Gasteiger partial charge on any atom is 0.291 e. The molecule has 17 heavy (non-hydrogen) atoms. The van der Waals surface area contributed by atoms with Gasteiger partial charge in [0.15, 0.2) is 0 Å². The molecule has 0 bridgehead atoms. The molecular weight excluding hydrogens is 214 g/mol. The monoisotopic (exact) mass is 225 g/mol. The first-order chi connectivity index (χ1) is 8.33. The molecule has 0 atom stereocenters. The zero-order valence-electron chi connectivity index (χ0n) is 9.13. The van der Waals surface area contributed by atoms with Crippen LogP contribution < -0.4 is 5.56 Å². The van der Waals surface area contributed by atoms with Crippen molar-refractivity contribution in [1.82, 2.24) is 14.4 Å². The van der Waals surface area contributed by atoms with E-state index in [1.165, 1.54) is 5.56 Å². The van der Waals surface area contributed by atoms with E-state index in [1.807, 2.05) is 36.5 Å². The number of benzene rings is 1. The molecule has 3 rings (SSSR count). The molecule has 1 N–H and O–H groups in total. The zero-order chi connectivity index (χ0) is 11.7. The lowest BCUT2D eigenvalue weighted by atomic mass is 10.1. The molecule has 3 aromatic rings. The minimum atomic E-state index is -0.150. The van der Waals surface area contributed by atoms with Gasteiger partial charge in [0.25, 0.3) is 5.56 Å². The first-order valence-electron chi connectivity index (χ1n) is 5.42. The fraction of sp³-hybridized carbons (Fsp3) is 0.0769. The molecule has 0 aliphatic heterocycles. The Hall–Kier alpha value is -2.36. The minimum absolute atomic E-state index is 0.150. The van der Waals surface area contributed by atoms with Crippen molar-refractivity contribution < 1.29 is 0 Å². The van der Waals surface area contributed by atoms with Gasteiger partial charge in [-0.05, 0) is 5.56 Å². The van der Waals surface area contributed by atoms with Gasteiger partial charge in [0.05, 0.1) is 0 Å². The summed E-state index contributed by atoms with van der Waals surface area (Å²) < 4.78 is 1.75. The van der Waals surface area contributed by atoms with Gasteiger partial charge in [0, 0.05) is 30.7 Å². The van der Waals surface area contributed by atoms with E-state index in [9.17, 15) is 4.79 Å². The zero-order valence-corrected chi connectivity index (χ0v) is 9.13. The topological polar surface area (TPSA) is 50.2 Å². The highest BCUT2D eigenvalue weighted by Crippen LogP contribution is 2.06. The highest BCUT2D eigenvalue weighted by molar-refractivity contribution is 5.35. The number of nitrogens with one attached hydrogen (secondary N) is 1. The Morgan fingerprint density at radius 2 is 2.06 bits per heavy atom. The van der Waals surface area contributed by atoms with Crippen LogP contribution in [-0.2, 0) is 6.42 Å². The Kier molecular flexibility index (Phi) is 2.26. The summed E-state index contributed by atoms with van der Waals surface area (Å²) in [5.41, 5.74) is 2.33. The molecule has 0 saturated carbocycles. The van der Waals surface area contributed by atoms with Crippen molar-refractivity contribution in [3.63, 3.8) is 0 Å².